The summed E-state index contributed by atoms with van der Waals surface area (Å²) in [6.45, 7) is 5.84. The molecule has 0 aromatic carbocycles. The molecule has 0 atom stereocenters. The molecule has 0 radical (unpaired) electrons. The zero-order valence-corrected chi connectivity index (χ0v) is 13.2. The van der Waals surface area contributed by atoms with Gasteiger partial charge in [0.15, 0.2) is 0 Å². The van der Waals surface area contributed by atoms with Gasteiger partial charge in [-0.15, -0.1) is 0 Å². The average Bonchev–Trinajstić information content (AvgIpc) is 2.52. The number of hydrogen-bond acceptors (Lipinski definition) is 7. The second-order valence-electron chi connectivity index (χ2n) is 4.21. The van der Waals surface area contributed by atoms with Gasteiger partial charge in [0.2, 0.25) is 0 Å². The van der Waals surface area contributed by atoms with Crippen LogP contribution in [0.5, 0.6) is 0 Å². The molecule has 0 aliphatic heterocycles. The van der Waals surface area contributed by atoms with E-state index >= 15 is 0 Å². The van der Waals surface area contributed by atoms with Crippen molar-refractivity contribution in [3.63, 3.8) is 0 Å². The molecule has 2 amide bonds. The van der Waals surface area contributed by atoms with Crippen molar-refractivity contribution in [3.05, 3.63) is 0 Å². The van der Waals surface area contributed by atoms with Crippen LogP contribution in [0.4, 0.5) is 4.79 Å². The maximum atomic E-state index is 11.4. The zero-order valence-electron chi connectivity index (χ0n) is 13.2. The van der Waals surface area contributed by atoms with Gasteiger partial charge in [-0.2, -0.15) is 0 Å². The van der Waals surface area contributed by atoms with Crippen molar-refractivity contribution in [2.45, 2.75) is 0 Å². The Morgan fingerprint density at radius 2 is 1.00 bits per heavy atom. The molecule has 0 rings (SSSR count). The molecule has 0 aliphatic rings. The highest BCUT2D eigenvalue weighted by Crippen LogP contribution is 1.79. The van der Waals surface area contributed by atoms with E-state index in [-0.39, 0.29) is 6.03 Å². The minimum atomic E-state index is -0.244. The number of nitrogens with two attached hydrogens (primary N) is 2. The van der Waals surface area contributed by atoms with E-state index in [2.05, 4.69) is 10.6 Å². The summed E-state index contributed by atoms with van der Waals surface area (Å²) in [5.41, 5.74) is 10.5. The third-order valence-electron chi connectivity index (χ3n) is 2.33. The molecule has 0 aromatic heterocycles. The lowest BCUT2D eigenvalue weighted by molar-refractivity contribution is 0.0512. The SMILES string of the molecule is NCCOCCOCCNC(=O)NCCOCCOCCN. The summed E-state index contributed by atoms with van der Waals surface area (Å²) in [5.74, 6) is 0. The molecule has 132 valence electrons. The van der Waals surface area contributed by atoms with Crippen LogP contribution in [0.1, 0.15) is 0 Å². The Hall–Kier alpha value is -0.970. The minimum Gasteiger partial charge on any atom is -0.378 e. The summed E-state index contributed by atoms with van der Waals surface area (Å²) in [5, 5.41) is 5.35. The molecule has 6 N–H and O–H groups in total. The standard InChI is InChI=1S/C13H30N4O5/c14-1-5-19-9-11-21-7-3-16-13(18)17-4-8-22-12-10-20-6-2-15/h1-12,14-15H2,(H2,16,17,18). The molecule has 9 heteroatoms. The van der Waals surface area contributed by atoms with Crippen LogP contribution in [-0.2, 0) is 18.9 Å². The molecular formula is C13H30N4O5. The Morgan fingerprint density at radius 1 is 0.636 bits per heavy atom. The van der Waals surface area contributed by atoms with E-state index in [1.807, 2.05) is 0 Å². The first kappa shape index (κ1) is 21.0. The number of carbonyl (C=O) groups is 1. The Morgan fingerprint density at radius 3 is 1.36 bits per heavy atom. The van der Waals surface area contributed by atoms with Gasteiger partial charge in [-0.3, -0.25) is 0 Å². The van der Waals surface area contributed by atoms with Gasteiger partial charge >= 0.3 is 6.03 Å². The number of urea groups is 1. The van der Waals surface area contributed by atoms with Crippen LogP contribution in [-0.4, -0.2) is 85.1 Å². The van der Waals surface area contributed by atoms with Gasteiger partial charge in [0, 0.05) is 26.2 Å². The van der Waals surface area contributed by atoms with Crippen LogP contribution in [0.2, 0.25) is 0 Å². The fourth-order valence-electron chi connectivity index (χ4n) is 1.35. The van der Waals surface area contributed by atoms with Crippen LogP contribution < -0.4 is 22.1 Å². The molecule has 22 heavy (non-hydrogen) atoms. The molecule has 0 fully saturated rings. The van der Waals surface area contributed by atoms with Gasteiger partial charge < -0.3 is 41.0 Å². The van der Waals surface area contributed by atoms with Gasteiger partial charge in [0.1, 0.15) is 0 Å². The minimum absolute atomic E-state index is 0.244. The zero-order chi connectivity index (χ0) is 16.3. The Balaban J connectivity index is 3.13. The van der Waals surface area contributed by atoms with E-state index in [0.717, 1.165) is 0 Å². The van der Waals surface area contributed by atoms with Crippen molar-refractivity contribution in [3.8, 4) is 0 Å². The lowest BCUT2D eigenvalue weighted by Gasteiger charge is -2.09. The van der Waals surface area contributed by atoms with Gasteiger partial charge in [-0.05, 0) is 0 Å². The normalized spacial score (nSPS) is 10.6. The monoisotopic (exact) mass is 322 g/mol. The predicted octanol–water partition coefficient (Wildman–Crippen LogP) is -1.73. The van der Waals surface area contributed by atoms with Crippen LogP contribution in [0.15, 0.2) is 0 Å². The van der Waals surface area contributed by atoms with E-state index < -0.39 is 0 Å². The molecule has 0 heterocycles. The van der Waals surface area contributed by atoms with E-state index in [4.69, 9.17) is 30.4 Å². The highest BCUT2D eigenvalue weighted by atomic mass is 16.5. The Kier molecular flexibility index (Phi) is 17.3. The molecule has 0 aliphatic carbocycles. The largest absolute Gasteiger partial charge is 0.378 e. The van der Waals surface area contributed by atoms with E-state index in [1.54, 1.807) is 0 Å². The lowest BCUT2D eigenvalue weighted by Crippen LogP contribution is -2.39. The quantitative estimate of drug-likeness (QED) is 0.248. The number of ether oxygens (including phenoxy) is 4. The number of nitrogens with one attached hydrogen (secondary N) is 2. The van der Waals surface area contributed by atoms with E-state index in [1.165, 1.54) is 0 Å². The molecule has 0 aromatic rings. The van der Waals surface area contributed by atoms with Gasteiger partial charge in [0.25, 0.3) is 0 Å². The summed E-state index contributed by atoms with van der Waals surface area (Å²) in [7, 11) is 0. The number of hydrogen-bond donors (Lipinski definition) is 4. The maximum Gasteiger partial charge on any atom is 0.314 e. The third-order valence-corrected chi connectivity index (χ3v) is 2.33. The molecule has 0 unspecified atom stereocenters. The van der Waals surface area contributed by atoms with Gasteiger partial charge in [-0.1, -0.05) is 0 Å². The van der Waals surface area contributed by atoms with Crippen molar-refractivity contribution in [2.75, 3.05) is 79.0 Å². The first-order valence-electron chi connectivity index (χ1n) is 7.54. The number of carbonyl (C=O) groups excluding carboxylic acids is 1. The van der Waals surface area contributed by atoms with Crippen molar-refractivity contribution in [1.82, 2.24) is 10.6 Å². The predicted molar refractivity (Wildman–Crippen MR) is 82.8 cm³/mol. The molecular weight excluding hydrogens is 292 g/mol. The molecule has 0 saturated carbocycles. The highest BCUT2D eigenvalue weighted by molar-refractivity contribution is 5.73. The van der Waals surface area contributed by atoms with Crippen molar-refractivity contribution in [2.24, 2.45) is 11.5 Å². The topological polar surface area (TPSA) is 130 Å². The van der Waals surface area contributed by atoms with Crippen molar-refractivity contribution in [1.29, 1.82) is 0 Å². The Labute approximate surface area is 132 Å². The fourth-order valence-corrected chi connectivity index (χ4v) is 1.35. The summed E-state index contributed by atoms with van der Waals surface area (Å²) in [6.07, 6.45) is 0. The van der Waals surface area contributed by atoms with Crippen LogP contribution in [0, 0.1) is 0 Å². The first-order chi connectivity index (χ1) is 10.8. The third kappa shape index (κ3) is 17.1. The first-order valence-corrected chi connectivity index (χ1v) is 7.54. The second-order valence-corrected chi connectivity index (χ2v) is 4.21. The maximum absolute atomic E-state index is 11.4. The summed E-state index contributed by atoms with van der Waals surface area (Å²) in [4.78, 5) is 11.4. The fraction of sp³-hybridized carbons (Fsp3) is 0.923. The van der Waals surface area contributed by atoms with Gasteiger partial charge in [0.05, 0.1) is 52.9 Å². The van der Waals surface area contributed by atoms with Crippen molar-refractivity contribution >= 4 is 6.03 Å². The van der Waals surface area contributed by atoms with Crippen LogP contribution >= 0.6 is 0 Å². The molecule has 0 bridgehead atoms. The summed E-state index contributed by atoms with van der Waals surface area (Å²) in [6, 6.07) is -0.244. The number of rotatable bonds is 16. The average molecular weight is 322 g/mol. The van der Waals surface area contributed by atoms with Crippen molar-refractivity contribution < 1.29 is 23.7 Å². The molecule has 0 saturated heterocycles. The van der Waals surface area contributed by atoms with Crippen LogP contribution in [0.3, 0.4) is 0 Å². The highest BCUT2D eigenvalue weighted by Gasteiger charge is 1.98. The summed E-state index contributed by atoms with van der Waals surface area (Å²) < 4.78 is 20.8. The second kappa shape index (κ2) is 18.1. The number of amides is 2. The van der Waals surface area contributed by atoms with Crippen LogP contribution in [0.25, 0.3) is 0 Å². The Bertz CT molecular complexity index is 224. The van der Waals surface area contributed by atoms with E-state index in [9.17, 15) is 4.79 Å². The molecule has 0 spiro atoms. The summed E-state index contributed by atoms with van der Waals surface area (Å²) >= 11 is 0. The smallest absolute Gasteiger partial charge is 0.314 e. The van der Waals surface area contributed by atoms with Gasteiger partial charge in [-0.25, -0.2) is 4.79 Å². The van der Waals surface area contributed by atoms with E-state index in [0.29, 0.717) is 79.0 Å². The molecule has 9 nitrogen and oxygen atoms in total. The lowest BCUT2D eigenvalue weighted by atomic mass is 10.6.